The van der Waals surface area contributed by atoms with Crippen molar-refractivity contribution >= 4 is 20.7 Å². The topological polar surface area (TPSA) is 49.9 Å². The lowest BCUT2D eigenvalue weighted by atomic mass is 9.92. The number of nitrogens with one attached hydrogen (secondary N) is 1. The van der Waals surface area contributed by atoms with Crippen LogP contribution in [0.2, 0.25) is 0 Å². The highest BCUT2D eigenvalue weighted by molar-refractivity contribution is 7.91. The average molecular weight is 325 g/mol. The molecule has 0 unspecified atom stereocenters. The summed E-state index contributed by atoms with van der Waals surface area (Å²) < 4.78 is 26.4. The Balaban J connectivity index is 1.91. The summed E-state index contributed by atoms with van der Waals surface area (Å²) in [7, 11) is -3.52. The standard InChI is InChI=1S/C19H19NO2S/c1-13-19(17-8-4-5-9-18(17)20-13)23(21,22)16-11-10-14-6-2-3-7-15(14)12-16/h4-5,8-12,20H,2-3,6-7H2,1H3. The number of rotatable bonds is 2. The summed E-state index contributed by atoms with van der Waals surface area (Å²) in [5.74, 6) is 0. The lowest BCUT2D eigenvalue weighted by Gasteiger charge is -2.16. The van der Waals surface area contributed by atoms with Crippen LogP contribution in [-0.4, -0.2) is 13.4 Å². The number of H-pyrrole nitrogens is 1. The number of aromatic nitrogens is 1. The van der Waals surface area contributed by atoms with Gasteiger partial charge in [-0.3, -0.25) is 0 Å². The monoisotopic (exact) mass is 325 g/mol. The largest absolute Gasteiger partial charge is 0.358 e. The number of benzene rings is 2. The quantitative estimate of drug-likeness (QED) is 0.768. The fourth-order valence-corrected chi connectivity index (χ4v) is 5.29. The Labute approximate surface area is 136 Å². The minimum atomic E-state index is -3.52. The molecule has 4 rings (SSSR count). The molecule has 1 aliphatic carbocycles. The number of aryl methyl sites for hydroxylation is 3. The normalized spacial score (nSPS) is 14.8. The van der Waals surface area contributed by atoms with Crippen molar-refractivity contribution in [2.24, 2.45) is 0 Å². The van der Waals surface area contributed by atoms with Crippen molar-refractivity contribution in [1.82, 2.24) is 4.98 Å². The van der Waals surface area contributed by atoms with Gasteiger partial charge in [-0.05, 0) is 61.9 Å². The molecular weight excluding hydrogens is 306 g/mol. The van der Waals surface area contributed by atoms with Crippen LogP contribution in [0.3, 0.4) is 0 Å². The Morgan fingerprint density at radius 2 is 1.70 bits per heavy atom. The van der Waals surface area contributed by atoms with E-state index < -0.39 is 9.84 Å². The van der Waals surface area contributed by atoms with Gasteiger partial charge in [-0.25, -0.2) is 8.42 Å². The predicted octanol–water partition coefficient (Wildman–Crippen LogP) is 4.19. The summed E-state index contributed by atoms with van der Waals surface area (Å²) in [4.78, 5) is 4.00. The summed E-state index contributed by atoms with van der Waals surface area (Å²) >= 11 is 0. The minimum Gasteiger partial charge on any atom is -0.358 e. The van der Waals surface area contributed by atoms with Crippen molar-refractivity contribution in [3.8, 4) is 0 Å². The maximum absolute atomic E-state index is 13.2. The molecule has 0 fully saturated rings. The van der Waals surface area contributed by atoms with E-state index in [2.05, 4.69) is 4.98 Å². The van der Waals surface area contributed by atoms with Crippen LogP contribution in [0.25, 0.3) is 10.9 Å². The van der Waals surface area contributed by atoms with E-state index in [1.807, 2.05) is 43.3 Å². The highest BCUT2D eigenvalue weighted by Crippen LogP contribution is 2.33. The number of sulfone groups is 1. The van der Waals surface area contributed by atoms with Gasteiger partial charge in [-0.1, -0.05) is 24.3 Å². The Morgan fingerprint density at radius 3 is 2.52 bits per heavy atom. The molecule has 0 spiro atoms. The van der Waals surface area contributed by atoms with Crippen molar-refractivity contribution in [3.05, 3.63) is 59.3 Å². The molecule has 3 aromatic rings. The van der Waals surface area contributed by atoms with Gasteiger partial charge in [0.2, 0.25) is 9.84 Å². The first-order valence-electron chi connectivity index (χ1n) is 8.01. The molecule has 0 saturated heterocycles. The Hall–Kier alpha value is -2.07. The molecule has 4 heteroatoms. The SMILES string of the molecule is Cc1[nH]c2ccccc2c1S(=O)(=O)c1ccc2c(c1)CCCC2. The lowest BCUT2D eigenvalue weighted by Crippen LogP contribution is -2.07. The third-order valence-corrected chi connectivity index (χ3v) is 6.67. The molecule has 1 N–H and O–H groups in total. The molecule has 3 nitrogen and oxygen atoms in total. The molecule has 0 atom stereocenters. The van der Waals surface area contributed by atoms with Crippen LogP contribution in [0.4, 0.5) is 0 Å². The third-order valence-electron chi connectivity index (χ3n) is 4.73. The third kappa shape index (κ3) is 2.29. The zero-order chi connectivity index (χ0) is 16.0. The molecule has 0 amide bonds. The van der Waals surface area contributed by atoms with Gasteiger partial charge in [0.15, 0.2) is 0 Å². The van der Waals surface area contributed by atoms with Crippen LogP contribution in [0, 0.1) is 6.92 Å². The van der Waals surface area contributed by atoms with Crippen molar-refractivity contribution < 1.29 is 8.42 Å². The minimum absolute atomic E-state index is 0.406. The molecule has 0 aliphatic heterocycles. The lowest BCUT2D eigenvalue weighted by molar-refractivity contribution is 0.595. The van der Waals surface area contributed by atoms with Gasteiger partial charge in [-0.15, -0.1) is 0 Å². The average Bonchev–Trinajstić information content (AvgIpc) is 2.90. The van der Waals surface area contributed by atoms with E-state index in [9.17, 15) is 8.42 Å². The summed E-state index contributed by atoms with van der Waals surface area (Å²) in [5, 5.41) is 0.766. The smallest absolute Gasteiger partial charge is 0.208 e. The predicted molar refractivity (Wildman–Crippen MR) is 91.6 cm³/mol. The van der Waals surface area contributed by atoms with Crippen LogP contribution in [0.1, 0.15) is 29.7 Å². The van der Waals surface area contributed by atoms with Gasteiger partial charge >= 0.3 is 0 Å². The summed E-state index contributed by atoms with van der Waals surface area (Å²) in [6.07, 6.45) is 4.37. The van der Waals surface area contributed by atoms with Crippen LogP contribution < -0.4 is 0 Å². The molecule has 1 aromatic heterocycles. The number of hydrogen-bond acceptors (Lipinski definition) is 2. The highest BCUT2D eigenvalue weighted by Gasteiger charge is 2.25. The van der Waals surface area contributed by atoms with E-state index in [-0.39, 0.29) is 0 Å². The molecule has 118 valence electrons. The molecule has 0 bridgehead atoms. The van der Waals surface area contributed by atoms with Crippen LogP contribution in [-0.2, 0) is 22.7 Å². The van der Waals surface area contributed by atoms with Crippen molar-refractivity contribution in [2.75, 3.05) is 0 Å². The summed E-state index contributed by atoms with van der Waals surface area (Å²) in [6, 6.07) is 13.2. The Morgan fingerprint density at radius 1 is 0.957 bits per heavy atom. The molecule has 1 heterocycles. The van der Waals surface area contributed by atoms with E-state index >= 15 is 0 Å². The maximum atomic E-state index is 13.2. The van der Waals surface area contributed by atoms with Crippen LogP contribution in [0.15, 0.2) is 52.3 Å². The Kier molecular flexibility index (Phi) is 3.31. The van der Waals surface area contributed by atoms with Gasteiger partial charge < -0.3 is 4.98 Å². The van der Waals surface area contributed by atoms with Gasteiger partial charge in [0.1, 0.15) is 0 Å². The fraction of sp³-hybridized carbons (Fsp3) is 0.263. The highest BCUT2D eigenvalue weighted by atomic mass is 32.2. The maximum Gasteiger partial charge on any atom is 0.208 e. The van der Waals surface area contributed by atoms with Crippen molar-refractivity contribution in [1.29, 1.82) is 0 Å². The van der Waals surface area contributed by atoms with Crippen LogP contribution in [0.5, 0.6) is 0 Å². The van der Waals surface area contributed by atoms with E-state index in [0.29, 0.717) is 15.5 Å². The molecular formula is C19H19NO2S. The number of fused-ring (bicyclic) bond motifs is 2. The van der Waals surface area contributed by atoms with E-state index in [0.717, 1.165) is 30.2 Å². The fourth-order valence-electron chi connectivity index (χ4n) is 3.59. The van der Waals surface area contributed by atoms with E-state index in [4.69, 9.17) is 0 Å². The molecule has 2 aromatic carbocycles. The summed E-state index contributed by atoms with van der Waals surface area (Å²) in [5.41, 5.74) is 4.05. The second kappa shape index (κ2) is 5.24. The van der Waals surface area contributed by atoms with Gasteiger partial charge in [0, 0.05) is 16.6 Å². The number of hydrogen-bond donors (Lipinski definition) is 1. The van der Waals surface area contributed by atoms with E-state index in [1.165, 1.54) is 17.5 Å². The zero-order valence-electron chi connectivity index (χ0n) is 13.1. The van der Waals surface area contributed by atoms with Gasteiger partial charge in [-0.2, -0.15) is 0 Å². The molecule has 23 heavy (non-hydrogen) atoms. The van der Waals surface area contributed by atoms with Gasteiger partial charge in [0.25, 0.3) is 0 Å². The zero-order valence-corrected chi connectivity index (χ0v) is 13.9. The Bertz CT molecular complexity index is 999. The number of para-hydroxylation sites is 1. The second-order valence-electron chi connectivity index (χ2n) is 6.27. The first-order chi connectivity index (χ1) is 11.1. The molecule has 0 saturated carbocycles. The second-order valence-corrected chi connectivity index (χ2v) is 8.15. The van der Waals surface area contributed by atoms with E-state index in [1.54, 1.807) is 6.07 Å². The summed E-state index contributed by atoms with van der Waals surface area (Å²) in [6.45, 7) is 1.82. The first-order valence-corrected chi connectivity index (χ1v) is 9.50. The van der Waals surface area contributed by atoms with Crippen molar-refractivity contribution in [2.45, 2.75) is 42.4 Å². The van der Waals surface area contributed by atoms with Gasteiger partial charge in [0.05, 0.1) is 9.79 Å². The van der Waals surface area contributed by atoms with Crippen molar-refractivity contribution in [3.63, 3.8) is 0 Å². The molecule has 0 radical (unpaired) electrons. The first kappa shape index (κ1) is 14.5. The number of aromatic amines is 1. The van der Waals surface area contributed by atoms with Crippen LogP contribution >= 0.6 is 0 Å². The molecule has 1 aliphatic rings.